The van der Waals surface area contributed by atoms with E-state index in [1.54, 1.807) is 23.1 Å². The van der Waals surface area contributed by atoms with E-state index in [2.05, 4.69) is 4.99 Å². The minimum Gasteiger partial charge on any atom is -0.478 e. The number of hydrogen-bond acceptors (Lipinski definition) is 4. The number of nitrogens with zero attached hydrogens (tertiary/aromatic N) is 2. The lowest BCUT2D eigenvalue weighted by molar-refractivity contribution is -0.125. The molecule has 0 spiro atoms. The Morgan fingerprint density at radius 2 is 2.05 bits per heavy atom. The van der Waals surface area contributed by atoms with Gasteiger partial charge in [-0.05, 0) is 31.1 Å². The number of hydrogen-bond donors (Lipinski definition) is 2. The van der Waals surface area contributed by atoms with Crippen LogP contribution in [-0.4, -0.2) is 46.0 Å². The molecule has 3 rings (SSSR count). The highest BCUT2D eigenvalue weighted by atomic mass is 16.4. The van der Waals surface area contributed by atoms with Gasteiger partial charge in [-0.1, -0.05) is 18.2 Å². The van der Waals surface area contributed by atoms with Crippen molar-refractivity contribution in [2.45, 2.75) is 18.9 Å². The first-order chi connectivity index (χ1) is 10.6. The molecule has 0 fully saturated rings. The van der Waals surface area contributed by atoms with Gasteiger partial charge in [0.25, 0.3) is 5.91 Å². The minimum absolute atomic E-state index is 0.0729. The number of aliphatic imine (C=N–C) groups is 1. The zero-order valence-corrected chi connectivity index (χ0v) is 11.8. The second-order valence-electron chi connectivity index (χ2n) is 5.24. The van der Waals surface area contributed by atoms with Gasteiger partial charge in [0.2, 0.25) is 0 Å². The lowest BCUT2D eigenvalue weighted by Gasteiger charge is -2.30. The number of benzene rings is 1. The summed E-state index contributed by atoms with van der Waals surface area (Å²) in [4.78, 5) is 28.9. The van der Waals surface area contributed by atoms with Crippen molar-refractivity contribution in [1.82, 2.24) is 4.90 Å². The van der Waals surface area contributed by atoms with Crippen LogP contribution < -0.4 is 0 Å². The molecule has 22 heavy (non-hydrogen) atoms. The molecule has 2 N–H and O–H groups in total. The van der Waals surface area contributed by atoms with E-state index in [4.69, 9.17) is 10.5 Å². The molecule has 1 unspecified atom stereocenters. The SMILES string of the molecule is N=C1C=CCCC1N1C(=O)CN=C1c1ccc(C(=O)O)cc1. The van der Waals surface area contributed by atoms with Crippen LogP contribution in [0.5, 0.6) is 0 Å². The zero-order chi connectivity index (χ0) is 15.7. The van der Waals surface area contributed by atoms with Gasteiger partial charge >= 0.3 is 5.97 Å². The highest BCUT2D eigenvalue weighted by Crippen LogP contribution is 2.22. The van der Waals surface area contributed by atoms with Gasteiger partial charge in [-0.25, -0.2) is 4.79 Å². The summed E-state index contributed by atoms with van der Waals surface area (Å²) < 4.78 is 0. The van der Waals surface area contributed by atoms with Crippen molar-refractivity contribution < 1.29 is 14.7 Å². The average molecular weight is 297 g/mol. The van der Waals surface area contributed by atoms with Crippen LogP contribution in [0, 0.1) is 5.41 Å². The molecule has 0 saturated heterocycles. The second kappa shape index (κ2) is 5.55. The molecule has 0 aromatic heterocycles. The van der Waals surface area contributed by atoms with Gasteiger partial charge in [-0.2, -0.15) is 0 Å². The van der Waals surface area contributed by atoms with Crippen LogP contribution in [-0.2, 0) is 4.79 Å². The molecule has 0 saturated carbocycles. The van der Waals surface area contributed by atoms with Crippen molar-refractivity contribution in [1.29, 1.82) is 5.41 Å². The average Bonchev–Trinajstić information content (AvgIpc) is 2.89. The predicted molar refractivity (Wildman–Crippen MR) is 81.5 cm³/mol. The van der Waals surface area contributed by atoms with E-state index in [1.807, 2.05) is 6.08 Å². The van der Waals surface area contributed by atoms with Gasteiger partial charge < -0.3 is 10.5 Å². The molecule has 1 aliphatic carbocycles. The molecule has 1 aromatic rings. The second-order valence-corrected chi connectivity index (χ2v) is 5.24. The highest BCUT2D eigenvalue weighted by molar-refractivity contribution is 6.16. The predicted octanol–water partition coefficient (Wildman–Crippen LogP) is 1.71. The fraction of sp³-hybridized carbons (Fsp3) is 0.250. The van der Waals surface area contributed by atoms with Crippen molar-refractivity contribution in [3.63, 3.8) is 0 Å². The number of nitrogens with one attached hydrogen (secondary N) is 1. The number of amidine groups is 1. The first-order valence-electron chi connectivity index (χ1n) is 7.03. The molecule has 2 aliphatic rings. The lowest BCUT2D eigenvalue weighted by atomic mass is 9.97. The molecular formula is C16H15N3O3. The standard InChI is InChI=1S/C16H15N3O3/c17-12-3-1-2-4-13(12)19-14(20)9-18-15(19)10-5-7-11(8-6-10)16(21)22/h1,3,5-8,13,17H,2,4,9H2,(H,21,22). The fourth-order valence-corrected chi connectivity index (χ4v) is 2.73. The maximum atomic E-state index is 12.2. The van der Waals surface area contributed by atoms with Crippen LogP contribution >= 0.6 is 0 Å². The van der Waals surface area contributed by atoms with E-state index in [0.717, 1.165) is 6.42 Å². The quantitative estimate of drug-likeness (QED) is 0.889. The summed E-state index contributed by atoms with van der Waals surface area (Å²) in [7, 11) is 0. The van der Waals surface area contributed by atoms with Gasteiger partial charge in [-0.15, -0.1) is 0 Å². The molecule has 0 bridgehead atoms. The zero-order valence-electron chi connectivity index (χ0n) is 11.8. The third kappa shape index (κ3) is 2.43. The summed E-state index contributed by atoms with van der Waals surface area (Å²) in [6.45, 7) is 0.0729. The van der Waals surface area contributed by atoms with E-state index < -0.39 is 5.97 Å². The van der Waals surface area contributed by atoms with E-state index in [0.29, 0.717) is 23.5 Å². The maximum Gasteiger partial charge on any atom is 0.335 e. The molecule has 0 radical (unpaired) electrons. The summed E-state index contributed by atoms with van der Waals surface area (Å²) >= 11 is 0. The maximum absolute atomic E-state index is 12.2. The summed E-state index contributed by atoms with van der Waals surface area (Å²) in [6, 6.07) is 5.99. The van der Waals surface area contributed by atoms with Crippen LogP contribution in [0.2, 0.25) is 0 Å². The molecule has 1 amide bonds. The number of allylic oxidation sites excluding steroid dienone is 1. The third-order valence-electron chi connectivity index (χ3n) is 3.83. The number of aromatic carboxylic acids is 1. The van der Waals surface area contributed by atoms with Crippen molar-refractivity contribution in [2.24, 2.45) is 4.99 Å². The minimum atomic E-state index is -0.993. The first kappa shape index (κ1) is 14.2. The molecule has 1 atom stereocenters. The van der Waals surface area contributed by atoms with Gasteiger partial charge in [0.05, 0.1) is 17.3 Å². The topological polar surface area (TPSA) is 93.8 Å². The van der Waals surface area contributed by atoms with Crippen molar-refractivity contribution in [3.8, 4) is 0 Å². The Morgan fingerprint density at radius 3 is 2.68 bits per heavy atom. The Labute approximate surface area is 127 Å². The molecule has 1 heterocycles. The van der Waals surface area contributed by atoms with E-state index >= 15 is 0 Å². The highest BCUT2D eigenvalue weighted by Gasteiger charge is 2.35. The smallest absolute Gasteiger partial charge is 0.335 e. The summed E-state index contributed by atoms with van der Waals surface area (Å²) in [5.41, 5.74) is 1.28. The molecule has 112 valence electrons. The van der Waals surface area contributed by atoms with Crippen LogP contribution in [0.25, 0.3) is 0 Å². The van der Waals surface area contributed by atoms with Gasteiger partial charge in [0.1, 0.15) is 12.4 Å². The summed E-state index contributed by atoms with van der Waals surface area (Å²) in [5, 5.41) is 17.0. The van der Waals surface area contributed by atoms with Crippen LogP contribution in [0.3, 0.4) is 0 Å². The summed E-state index contributed by atoms with van der Waals surface area (Å²) in [6.07, 6.45) is 5.18. The monoisotopic (exact) mass is 297 g/mol. The Morgan fingerprint density at radius 1 is 1.32 bits per heavy atom. The van der Waals surface area contributed by atoms with E-state index in [-0.39, 0.29) is 24.1 Å². The van der Waals surface area contributed by atoms with Crippen molar-refractivity contribution in [2.75, 3.05) is 6.54 Å². The number of carboxylic acid groups (broad SMARTS) is 1. The van der Waals surface area contributed by atoms with Crippen LogP contribution in [0.4, 0.5) is 0 Å². The van der Waals surface area contributed by atoms with E-state index in [1.165, 1.54) is 12.1 Å². The van der Waals surface area contributed by atoms with Crippen LogP contribution in [0.15, 0.2) is 41.4 Å². The third-order valence-corrected chi connectivity index (χ3v) is 3.83. The molecular weight excluding hydrogens is 282 g/mol. The van der Waals surface area contributed by atoms with Crippen molar-refractivity contribution in [3.05, 3.63) is 47.5 Å². The molecule has 1 aromatic carbocycles. The largest absolute Gasteiger partial charge is 0.478 e. The fourth-order valence-electron chi connectivity index (χ4n) is 2.73. The first-order valence-corrected chi connectivity index (χ1v) is 7.03. The molecule has 6 nitrogen and oxygen atoms in total. The van der Waals surface area contributed by atoms with Gasteiger partial charge in [0, 0.05) is 5.56 Å². The Balaban J connectivity index is 1.92. The van der Waals surface area contributed by atoms with Crippen molar-refractivity contribution >= 4 is 23.4 Å². The normalized spacial score (nSPS) is 21.2. The Hall–Kier alpha value is -2.76. The van der Waals surface area contributed by atoms with Gasteiger partial charge in [-0.3, -0.25) is 14.7 Å². The number of rotatable bonds is 3. The molecule has 1 aliphatic heterocycles. The number of carbonyl (C=O) groups is 2. The van der Waals surface area contributed by atoms with E-state index in [9.17, 15) is 9.59 Å². The summed E-state index contributed by atoms with van der Waals surface area (Å²) in [5.74, 6) is -0.596. The number of carboxylic acids is 1. The molecule has 6 heteroatoms. The van der Waals surface area contributed by atoms with Crippen LogP contribution in [0.1, 0.15) is 28.8 Å². The number of amides is 1. The Kier molecular flexibility index (Phi) is 3.58. The Bertz CT molecular complexity index is 704. The van der Waals surface area contributed by atoms with Gasteiger partial charge in [0.15, 0.2) is 0 Å². The lowest BCUT2D eigenvalue weighted by Crippen LogP contribution is -2.46. The number of carbonyl (C=O) groups excluding carboxylic acids is 1.